The Morgan fingerprint density at radius 2 is 0.967 bits per heavy atom. The van der Waals surface area contributed by atoms with Gasteiger partial charge in [-0.05, 0) is 18.2 Å². The summed E-state index contributed by atoms with van der Waals surface area (Å²) in [6.07, 6.45) is 0. The van der Waals surface area contributed by atoms with Gasteiger partial charge in [0, 0.05) is 24.2 Å². The van der Waals surface area contributed by atoms with Gasteiger partial charge in [-0.25, -0.2) is 0 Å². The van der Waals surface area contributed by atoms with E-state index in [0.29, 0.717) is 11.1 Å². The van der Waals surface area contributed by atoms with Crippen LogP contribution in [-0.2, 0) is 33.5 Å². The highest BCUT2D eigenvalue weighted by molar-refractivity contribution is 7.52. The van der Waals surface area contributed by atoms with Gasteiger partial charge in [0.15, 0.2) is 0 Å². The minimum Gasteiger partial charge on any atom is -0.320 e. The van der Waals surface area contributed by atoms with Crippen molar-refractivity contribution in [1.82, 2.24) is 4.90 Å². The first kappa shape index (κ1) is 24.7. The van der Waals surface area contributed by atoms with Crippen molar-refractivity contribution in [2.45, 2.75) is 24.4 Å². The number of nitrogens with zero attached hydrogens (tertiary/aromatic N) is 1. The molecule has 0 spiro atoms. The van der Waals surface area contributed by atoms with Gasteiger partial charge in [-0.1, -0.05) is 48.5 Å². The van der Waals surface area contributed by atoms with E-state index in [4.69, 9.17) is 19.6 Å². The molecule has 2 aromatic carbocycles. The Morgan fingerprint density at radius 3 is 1.20 bits per heavy atom. The van der Waals surface area contributed by atoms with E-state index >= 15 is 0 Å². The van der Waals surface area contributed by atoms with Gasteiger partial charge in [-0.2, -0.15) is 17.6 Å². The van der Waals surface area contributed by atoms with Crippen molar-refractivity contribution in [2.75, 3.05) is 7.05 Å². The molecule has 0 saturated carbocycles. The summed E-state index contributed by atoms with van der Waals surface area (Å²) in [4.78, 5) is 36.7. The van der Waals surface area contributed by atoms with Gasteiger partial charge in [0.1, 0.15) is 0 Å². The number of halogens is 4. The maximum atomic E-state index is 13.7. The molecule has 0 saturated heterocycles. The fourth-order valence-electron chi connectivity index (χ4n) is 2.64. The van der Waals surface area contributed by atoms with Gasteiger partial charge in [-0.15, -0.1) is 0 Å². The fraction of sp³-hybridized carbons (Fsp3) is 0.294. The maximum absolute atomic E-state index is 13.7. The third-order valence-corrected chi connectivity index (χ3v) is 6.22. The Kier molecular flexibility index (Phi) is 7.00. The first-order valence-electron chi connectivity index (χ1n) is 8.30. The van der Waals surface area contributed by atoms with Crippen LogP contribution in [0.25, 0.3) is 0 Å². The number of hydrogen-bond acceptors (Lipinski definition) is 3. The summed E-state index contributed by atoms with van der Waals surface area (Å²) in [6.45, 7) is 0.504. The van der Waals surface area contributed by atoms with E-state index in [2.05, 4.69) is 0 Å². The van der Waals surface area contributed by atoms with Crippen LogP contribution in [0.2, 0.25) is 0 Å². The predicted molar refractivity (Wildman–Crippen MR) is 99.9 cm³/mol. The highest BCUT2D eigenvalue weighted by atomic mass is 31.2. The van der Waals surface area contributed by atoms with Gasteiger partial charge in [0.05, 0.1) is 0 Å². The molecule has 0 heterocycles. The number of hydrogen-bond donors (Lipinski definition) is 4. The van der Waals surface area contributed by atoms with E-state index in [1.54, 1.807) is 11.9 Å². The lowest BCUT2D eigenvalue weighted by Gasteiger charge is -2.20. The predicted octanol–water partition coefficient (Wildman–Crippen LogP) is 3.77. The van der Waals surface area contributed by atoms with E-state index < -0.39 is 37.6 Å². The first-order chi connectivity index (χ1) is 13.6. The number of rotatable bonds is 8. The Morgan fingerprint density at radius 1 is 0.700 bits per heavy atom. The Balaban J connectivity index is 2.05. The molecule has 0 radical (unpaired) electrons. The third kappa shape index (κ3) is 5.36. The molecule has 0 aliphatic heterocycles. The molecule has 0 unspecified atom stereocenters. The average Bonchev–Trinajstić information content (AvgIpc) is 2.60. The van der Waals surface area contributed by atoms with Crippen LogP contribution in [0.3, 0.4) is 0 Å². The van der Waals surface area contributed by atoms with Crippen LogP contribution < -0.4 is 0 Å². The minimum absolute atomic E-state index is 0.252. The maximum Gasteiger partial charge on any atom is 0.399 e. The van der Waals surface area contributed by atoms with Gasteiger partial charge in [0.2, 0.25) is 0 Å². The number of alkyl halides is 4. The first-order valence-corrected chi connectivity index (χ1v) is 11.5. The zero-order valence-corrected chi connectivity index (χ0v) is 17.3. The molecule has 0 aliphatic rings. The Labute approximate surface area is 169 Å². The van der Waals surface area contributed by atoms with Gasteiger partial charge in [0.25, 0.3) is 0 Å². The second-order valence-corrected chi connectivity index (χ2v) is 10.0. The van der Waals surface area contributed by atoms with Crippen molar-refractivity contribution >= 4 is 15.2 Å². The summed E-state index contributed by atoms with van der Waals surface area (Å²) >= 11 is 0. The van der Waals surface area contributed by atoms with Crippen LogP contribution >= 0.6 is 15.2 Å². The van der Waals surface area contributed by atoms with Crippen molar-refractivity contribution in [3.05, 3.63) is 70.8 Å². The monoisotopic (exact) mass is 471 g/mol. The molecule has 2 rings (SSSR count). The van der Waals surface area contributed by atoms with Crippen LogP contribution in [0.1, 0.15) is 22.3 Å². The summed E-state index contributed by atoms with van der Waals surface area (Å²) in [5.74, 6) is 0. The van der Waals surface area contributed by atoms with Crippen LogP contribution in [0.4, 0.5) is 17.6 Å². The lowest BCUT2D eigenvalue weighted by Crippen LogP contribution is -2.18. The SMILES string of the molecule is CN(Cc1ccc(C(F)(F)P(=O)(O)O)cc1)Cc1ccc(C(F)(F)P(=O)(O)O)cc1. The van der Waals surface area contributed by atoms with Crippen LogP contribution in [0.15, 0.2) is 48.5 Å². The average molecular weight is 471 g/mol. The highest BCUT2D eigenvalue weighted by Crippen LogP contribution is 2.60. The zero-order chi connectivity index (χ0) is 23.0. The normalized spacial score (nSPS) is 13.7. The van der Waals surface area contributed by atoms with Gasteiger partial charge >= 0.3 is 26.5 Å². The second kappa shape index (κ2) is 8.51. The summed E-state index contributed by atoms with van der Waals surface area (Å²) in [6, 6.07) is 8.83. The molecule has 166 valence electrons. The lowest BCUT2D eigenvalue weighted by atomic mass is 10.1. The van der Waals surface area contributed by atoms with Crippen LogP contribution in [0, 0.1) is 0 Å². The highest BCUT2D eigenvalue weighted by Gasteiger charge is 2.51. The molecule has 0 atom stereocenters. The van der Waals surface area contributed by atoms with Crippen molar-refractivity contribution in [3.8, 4) is 0 Å². The minimum atomic E-state index is -5.65. The Bertz CT molecular complexity index is 893. The van der Waals surface area contributed by atoms with E-state index in [-0.39, 0.29) is 13.1 Å². The van der Waals surface area contributed by atoms with Crippen LogP contribution in [-0.4, -0.2) is 31.5 Å². The molecule has 13 heteroatoms. The molecule has 0 fully saturated rings. The second-order valence-electron chi connectivity index (χ2n) is 6.74. The van der Waals surface area contributed by atoms with Crippen LogP contribution in [0.5, 0.6) is 0 Å². The smallest absolute Gasteiger partial charge is 0.320 e. The standard InChI is InChI=1S/C17H19F4NO6P2/c1-22(10-12-2-6-14(7-3-12)16(18,19)29(23,24)25)11-13-4-8-15(9-5-13)17(20,21)30(26,27)28/h2-9H,10-11H2,1H3,(H2,23,24,25)(H2,26,27,28). The van der Waals surface area contributed by atoms with E-state index in [1.807, 2.05) is 0 Å². The lowest BCUT2D eigenvalue weighted by molar-refractivity contribution is 0.0564. The molecule has 0 bridgehead atoms. The summed E-state index contributed by atoms with van der Waals surface area (Å²) in [5.41, 5.74) is -9.10. The molecule has 30 heavy (non-hydrogen) atoms. The van der Waals surface area contributed by atoms with Crippen molar-refractivity contribution in [1.29, 1.82) is 0 Å². The third-order valence-electron chi connectivity index (χ3n) is 4.24. The molecular weight excluding hydrogens is 452 g/mol. The molecule has 0 aliphatic carbocycles. The quantitative estimate of drug-likeness (QED) is 0.342. The molecule has 0 aromatic heterocycles. The van der Waals surface area contributed by atoms with Crippen molar-refractivity contribution in [2.24, 2.45) is 0 Å². The van der Waals surface area contributed by atoms with Gasteiger partial charge < -0.3 is 19.6 Å². The molecule has 4 N–H and O–H groups in total. The zero-order valence-electron chi connectivity index (χ0n) is 15.5. The van der Waals surface area contributed by atoms with Crippen molar-refractivity contribution in [3.63, 3.8) is 0 Å². The van der Waals surface area contributed by atoms with E-state index in [9.17, 15) is 26.7 Å². The van der Waals surface area contributed by atoms with E-state index in [1.165, 1.54) is 24.3 Å². The van der Waals surface area contributed by atoms with Gasteiger partial charge in [-0.3, -0.25) is 14.0 Å². The fourth-order valence-corrected chi connectivity index (χ4v) is 3.61. The molecule has 2 aromatic rings. The van der Waals surface area contributed by atoms with E-state index in [0.717, 1.165) is 24.3 Å². The topological polar surface area (TPSA) is 118 Å². The molecule has 0 amide bonds. The summed E-state index contributed by atoms with van der Waals surface area (Å²) < 4.78 is 76.4. The molecule has 7 nitrogen and oxygen atoms in total. The van der Waals surface area contributed by atoms with Crippen molar-refractivity contribution < 1.29 is 46.3 Å². The Hall–Kier alpha value is -1.58. The summed E-state index contributed by atoms with van der Waals surface area (Å²) in [7, 11) is -9.64. The summed E-state index contributed by atoms with van der Waals surface area (Å²) in [5, 5.41) is 0. The molecular formula is C17H19F4NO6P2. The number of benzene rings is 2. The largest absolute Gasteiger partial charge is 0.399 e.